The van der Waals surface area contributed by atoms with Gasteiger partial charge in [-0.3, -0.25) is 0 Å². The number of rotatable bonds is 6. The molecule has 166 valence electrons. The highest BCUT2D eigenvalue weighted by molar-refractivity contribution is 7.90. The van der Waals surface area contributed by atoms with Crippen LogP contribution in [-0.4, -0.2) is 43.7 Å². The van der Waals surface area contributed by atoms with Crippen LogP contribution in [0.3, 0.4) is 0 Å². The summed E-state index contributed by atoms with van der Waals surface area (Å²) in [6, 6.07) is 12.6. The van der Waals surface area contributed by atoms with Gasteiger partial charge in [0, 0.05) is 11.8 Å². The molecule has 0 radical (unpaired) electrons. The number of benzene rings is 2. The summed E-state index contributed by atoms with van der Waals surface area (Å²) in [4.78, 5) is 16.3. The molecule has 0 bridgehead atoms. The van der Waals surface area contributed by atoms with Crippen LogP contribution in [0.15, 0.2) is 73.6 Å². The van der Waals surface area contributed by atoms with E-state index in [-0.39, 0.29) is 27.4 Å². The fraction of sp³-hybridized carbons (Fsp3) is 0.100. The Morgan fingerprint density at radius 3 is 2.53 bits per heavy atom. The van der Waals surface area contributed by atoms with Crippen molar-refractivity contribution in [1.29, 1.82) is 0 Å². The molecule has 3 rings (SSSR count). The van der Waals surface area contributed by atoms with Crippen LogP contribution in [0.1, 0.15) is 5.89 Å². The number of esters is 1. The van der Waals surface area contributed by atoms with Gasteiger partial charge in [0.15, 0.2) is 9.84 Å². The molecule has 0 saturated carbocycles. The zero-order chi connectivity index (χ0) is 23.5. The van der Waals surface area contributed by atoms with Crippen molar-refractivity contribution in [1.82, 2.24) is 10.2 Å². The molecular formula is C20H16Cl2N4O5S. The molecule has 32 heavy (non-hydrogen) atoms. The highest BCUT2D eigenvalue weighted by Gasteiger charge is 2.23. The molecule has 2 aromatic carbocycles. The van der Waals surface area contributed by atoms with Crippen LogP contribution in [-0.2, 0) is 19.4 Å². The van der Waals surface area contributed by atoms with E-state index >= 15 is 0 Å². The molecule has 0 fully saturated rings. The van der Waals surface area contributed by atoms with Crippen molar-refractivity contribution in [2.75, 3.05) is 13.4 Å². The van der Waals surface area contributed by atoms with E-state index in [1.165, 1.54) is 18.2 Å². The van der Waals surface area contributed by atoms with Crippen molar-refractivity contribution in [3.8, 4) is 11.5 Å². The van der Waals surface area contributed by atoms with E-state index in [1.807, 2.05) is 0 Å². The highest BCUT2D eigenvalue weighted by Crippen LogP contribution is 2.28. The fourth-order valence-electron chi connectivity index (χ4n) is 2.48. The van der Waals surface area contributed by atoms with Crippen molar-refractivity contribution in [2.45, 2.75) is 4.90 Å². The minimum Gasteiger partial charge on any atom is -0.464 e. The first kappa shape index (κ1) is 23.5. The number of ether oxygens (including phenoxy) is 1. The third kappa shape index (κ3) is 5.16. The molecule has 0 aliphatic carbocycles. The van der Waals surface area contributed by atoms with Crippen LogP contribution in [0, 0.1) is 0 Å². The van der Waals surface area contributed by atoms with Crippen LogP contribution in [0.4, 0.5) is 5.69 Å². The number of hydrogen-bond donors (Lipinski definition) is 1. The van der Waals surface area contributed by atoms with Crippen molar-refractivity contribution in [3.05, 3.63) is 70.2 Å². The summed E-state index contributed by atoms with van der Waals surface area (Å²) < 4.78 is 34.0. The van der Waals surface area contributed by atoms with Gasteiger partial charge in [0.05, 0.1) is 22.7 Å². The van der Waals surface area contributed by atoms with Gasteiger partial charge in [-0.15, -0.1) is 10.2 Å². The smallest absolute Gasteiger partial charge is 0.355 e. The van der Waals surface area contributed by atoms with Gasteiger partial charge in [-0.25, -0.2) is 18.2 Å². The summed E-state index contributed by atoms with van der Waals surface area (Å²) in [5.74, 6) is -1.07. The second-order valence-corrected chi connectivity index (χ2v) is 9.14. The minimum atomic E-state index is -3.45. The molecule has 1 aromatic heterocycles. The van der Waals surface area contributed by atoms with Gasteiger partial charge in [-0.05, 0) is 30.3 Å². The lowest BCUT2D eigenvalue weighted by atomic mass is 10.2. The largest absolute Gasteiger partial charge is 0.464 e. The molecule has 12 heteroatoms. The number of nitrogens with two attached hydrogens (primary N) is 1. The van der Waals surface area contributed by atoms with Crippen LogP contribution in [0.25, 0.3) is 11.5 Å². The number of aromatic nitrogens is 2. The molecule has 9 nitrogen and oxygen atoms in total. The molecule has 0 aliphatic heterocycles. The topological polar surface area (TPSA) is 138 Å². The molecule has 0 saturated heterocycles. The van der Waals surface area contributed by atoms with E-state index in [4.69, 9.17) is 33.4 Å². The lowest BCUT2D eigenvalue weighted by Gasteiger charge is -2.06. The van der Waals surface area contributed by atoms with Gasteiger partial charge in [0.2, 0.25) is 5.89 Å². The Bertz CT molecular complexity index is 1350. The molecule has 0 spiro atoms. The van der Waals surface area contributed by atoms with E-state index < -0.39 is 21.5 Å². The monoisotopic (exact) mass is 494 g/mol. The lowest BCUT2D eigenvalue weighted by Crippen LogP contribution is -2.18. The van der Waals surface area contributed by atoms with Crippen molar-refractivity contribution >= 4 is 50.4 Å². The Morgan fingerprint density at radius 2 is 1.88 bits per heavy atom. The quantitative estimate of drug-likeness (QED) is 0.312. The normalized spacial score (nSPS) is 12.9. The number of halogens is 2. The molecule has 0 amide bonds. The standard InChI is InChI=1S/C20H16Cl2N4O5S/c1-30-20(27)16(23)15(22)17(24-14-9-4-3-8-13(14)21)19-26-25-18(31-19)11-6-5-7-12(10-11)32(2,28)29/h3-10H,23H2,1-2H3. The third-order valence-corrected chi connectivity index (χ3v) is 5.88. The number of carbonyl (C=O) groups excluding carboxylic acids is 1. The second kappa shape index (κ2) is 9.51. The number of allylic oxidation sites excluding steroid dienone is 1. The Hall–Kier alpha value is -3.21. The van der Waals surface area contributed by atoms with E-state index in [0.29, 0.717) is 16.3 Å². The average molecular weight is 495 g/mol. The minimum absolute atomic E-state index is 0.00142. The molecule has 0 unspecified atom stereocenters. The summed E-state index contributed by atoms with van der Waals surface area (Å²) in [5.41, 5.74) is 5.89. The number of carbonyl (C=O) groups is 1. The molecular weight excluding hydrogens is 479 g/mol. The summed E-state index contributed by atoms with van der Waals surface area (Å²) in [5, 5.41) is 7.87. The lowest BCUT2D eigenvalue weighted by molar-refractivity contribution is -0.136. The van der Waals surface area contributed by atoms with Crippen LogP contribution >= 0.6 is 23.2 Å². The predicted molar refractivity (Wildman–Crippen MR) is 120 cm³/mol. The zero-order valence-electron chi connectivity index (χ0n) is 16.7. The number of aliphatic imine (C=N–C) groups is 1. The SMILES string of the molecule is COC(=O)C(N)=C(Cl)C(=Nc1ccccc1Cl)c1nnc(-c2cccc(S(C)(=O)=O)c2)o1. The van der Waals surface area contributed by atoms with Crippen molar-refractivity contribution in [2.24, 2.45) is 10.7 Å². The number of methoxy groups -OCH3 is 1. The number of para-hydroxylation sites is 1. The number of hydrogen-bond acceptors (Lipinski definition) is 9. The third-order valence-electron chi connectivity index (χ3n) is 4.07. The van der Waals surface area contributed by atoms with E-state index in [1.54, 1.807) is 30.3 Å². The zero-order valence-corrected chi connectivity index (χ0v) is 19.1. The molecule has 3 aromatic rings. The summed E-state index contributed by atoms with van der Waals surface area (Å²) in [7, 11) is -2.31. The van der Waals surface area contributed by atoms with Crippen LogP contribution < -0.4 is 5.73 Å². The van der Waals surface area contributed by atoms with Gasteiger partial charge >= 0.3 is 5.97 Å². The Labute approximate surface area is 193 Å². The van der Waals surface area contributed by atoms with Gasteiger partial charge in [0.25, 0.3) is 5.89 Å². The van der Waals surface area contributed by atoms with E-state index in [2.05, 4.69) is 19.9 Å². The van der Waals surface area contributed by atoms with Gasteiger partial charge in [-0.1, -0.05) is 41.4 Å². The first-order valence-corrected chi connectivity index (χ1v) is 11.5. The molecule has 2 N–H and O–H groups in total. The number of sulfone groups is 1. The molecule has 1 heterocycles. The van der Waals surface area contributed by atoms with Gasteiger partial charge in [0.1, 0.15) is 16.4 Å². The van der Waals surface area contributed by atoms with Crippen molar-refractivity contribution in [3.63, 3.8) is 0 Å². The second-order valence-electron chi connectivity index (χ2n) is 6.34. The maximum Gasteiger partial charge on any atom is 0.355 e. The Morgan fingerprint density at radius 1 is 1.16 bits per heavy atom. The first-order valence-electron chi connectivity index (χ1n) is 8.83. The summed E-state index contributed by atoms with van der Waals surface area (Å²) in [6.07, 6.45) is 1.08. The molecule has 0 aliphatic rings. The average Bonchev–Trinajstić information content (AvgIpc) is 3.26. The van der Waals surface area contributed by atoms with Gasteiger partial charge < -0.3 is 14.9 Å². The Kier molecular flexibility index (Phi) is 6.97. The first-order chi connectivity index (χ1) is 15.1. The van der Waals surface area contributed by atoms with E-state index in [9.17, 15) is 13.2 Å². The predicted octanol–water partition coefficient (Wildman–Crippen LogP) is 3.50. The van der Waals surface area contributed by atoms with Gasteiger partial charge in [-0.2, -0.15) is 0 Å². The fourth-order valence-corrected chi connectivity index (χ4v) is 3.52. The number of nitrogens with zero attached hydrogens (tertiary/aromatic N) is 3. The summed E-state index contributed by atoms with van der Waals surface area (Å²) in [6.45, 7) is 0. The van der Waals surface area contributed by atoms with Crippen molar-refractivity contribution < 1.29 is 22.4 Å². The van der Waals surface area contributed by atoms with Crippen LogP contribution in [0.5, 0.6) is 0 Å². The maximum atomic E-state index is 11.9. The molecule has 0 atom stereocenters. The maximum absolute atomic E-state index is 11.9. The highest BCUT2D eigenvalue weighted by atomic mass is 35.5. The Balaban J connectivity index is 2.15. The van der Waals surface area contributed by atoms with E-state index in [0.717, 1.165) is 13.4 Å². The van der Waals surface area contributed by atoms with Crippen LogP contribution in [0.2, 0.25) is 5.02 Å². The summed E-state index contributed by atoms with van der Waals surface area (Å²) >= 11 is 12.5.